The maximum absolute atomic E-state index is 13.0. The van der Waals surface area contributed by atoms with Crippen LogP contribution >= 0.6 is 0 Å². The lowest BCUT2D eigenvalue weighted by Crippen LogP contribution is -2.45. The van der Waals surface area contributed by atoms with Crippen LogP contribution in [-0.2, 0) is 22.7 Å². The van der Waals surface area contributed by atoms with E-state index >= 15 is 0 Å². The molecule has 2 fully saturated rings. The van der Waals surface area contributed by atoms with E-state index < -0.39 is 21.8 Å². The van der Waals surface area contributed by atoms with Crippen molar-refractivity contribution >= 4 is 10.0 Å². The average molecular weight is 362 g/mol. The molecule has 1 aliphatic heterocycles. The zero-order valence-electron chi connectivity index (χ0n) is 13.2. The maximum atomic E-state index is 13.0. The van der Waals surface area contributed by atoms with Gasteiger partial charge in [0, 0.05) is 25.7 Å². The Bertz CT molecular complexity index is 679. The van der Waals surface area contributed by atoms with Gasteiger partial charge in [-0.1, -0.05) is 18.2 Å². The van der Waals surface area contributed by atoms with E-state index in [2.05, 4.69) is 4.72 Å². The molecule has 0 spiro atoms. The highest BCUT2D eigenvalue weighted by atomic mass is 32.2. The van der Waals surface area contributed by atoms with Crippen molar-refractivity contribution in [3.63, 3.8) is 0 Å². The third kappa shape index (κ3) is 4.29. The molecule has 0 bridgehead atoms. The van der Waals surface area contributed by atoms with E-state index in [1.807, 2.05) is 4.90 Å². The van der Waals surface area contributed by atoms with Crippen LogP contribution in [0.3, 0.4) is 0 Å². The van der Waals surface area contributed by atoms with Crippen molar-refractivity contribution in [2.45, 2.75) is 49.7 Å². The number of piperidine rings is 1. The smallest absolute Gasteiger partial charge is 0.299 e. The van der Waals surface area contributed by atoms with Gasteiger partial charge in [-0.2, -0.15) is 13.2 Å². The number of hydrogen-bond donors (Lipinski definition) is 1. The molecule has 1 N–H and O–H groups in total. The summed E-state index contributed by atoms with van der Waals surface area (Å²) in [6.07, 6.45) is -1.65. The predicted molar refractivity (Wildman–Crippen MR) is 84.8 cm³/mol. The van der Waals surface area contributed by atoms with Crippen LogP contribution in [0.25, 0.3) is 0 Å². The van der Waals surface area contributed by atoms with Gasteiger partial charge in [0.2, 0.25) is 10.0 Å². The molecule has 1 aliphatic carbocycles. The minimum Gasteiger partial charge on any atom is -0.299 e. The summed E-state index contributed by atoms with van der Waals surface area (Å²) < 4.78 is 65.7. The van der Waals surface area contributed by atoms with Crippen molar-refractivity contribution in [1.29, 1.82) is 0 Å². The lowest BCUT2D eigenvalue weighted by atomic mass is 10.0. The van der Waals surface area contributed by atoms with Gasteiger partial charge in [0.25, 0.3) is 0 Å². The van der Waals surface area contributed by atoms with Crippen molar-refractivity contribution < 1.29 is 21.6 Å². The third-order valence-corrected chi connectivity index (χ3v) is 6.61. The first-order valence-electron chi connectivity index (χ1n) is 8.14. The van der Waals surface area contributed by atoms with Gasteiger partial charge < -0.3 is 0 Å². The topological polar surface area (TPSA) is 49.4 Å². The molecule has 1 saturated carbocycles. The second kappa shape index (κ2) is 6.65. The molecule has 3 rings (SSSR count). The minimum absolute atomic E-state index is 0.107. The quantitative estimate of drug-likeness (QED) is 0.876. The van der Waals surface area contributed by atoms with Crippen LogP contribution in [0.15, 0.2) is 24.3 Å². The summed E-state index contributed by atoms with van der Waals surface area (Å²) in [7, 11) is -3.21. The second-order valence-corrected chi connectivity index (χ2v) is 8.56. The minimum atomic E-state index is -4.35. The molecule has 134 valence electrons. The fraction of sp³-hybridized carbons (Fsp3) is 0.625. The number of nitrogens with zero attached hydrogens (tertiary/aromatic N) is 1. The number of sulfonamides is 1. The lowest BCUT2D eigenvalue weighted by Gasteiger charge is -2.32. The zero-order chi connectivity index (χ0) is 17.4. The Kier molecular flexibility index (Phi) is 4.90. The zero-order valence-corrected chi connectivity index (χ0v) is 14.0. The molecule has 8 heteroatoms. The first kappa shape index (κ1) is 17.7. The molecule has 24 heavy (non-hydrogen) atoms. The first-order chi connectivity index (χ1) is 11.3. The molecule has 1 aromatic carbocycles. The predicted octanol–water partition coefficient (Wildman–Crippen LogP) is 2.75. The van der Waals surface area contributed by atoms with Gasteiger partial charge in [-0.25, -0.2) is 13.1 Å². The Hall–Kier alpha value is -1.12. The molecular formula is C16H21F3N2O2S. The molecule has 0 amide bonds. The van der Waals surface area contributed by atoms with Gasteiger partial charge in [-0.3, -0.25) is 4.90 Å². The normalized spacial score (nSPS) is 21.1. The van der Waals surface area contributed by atoms with Crippen LogP contribution in [0.1, 0.15) is 36.8 Å². The SMILES string of the molecule is O=S(=O)(NC1CCN(Cc2ccccc2C(F)(F)F)CC1)C1CC1. The van der Waals surface area contributed by atoms with Crippen molar-refractivity contribution in [3.8, 4) is 0 Å². The maximum Gasteiger partial charge on any atom is 0.416 e. The van der Waals surface area contributed by atoms with E-state index in [4.69, 9.17) is 0 Å². The Morgan fingerprint density at radius 1 is 1.08 bits per heavy atom. The molecule has 1 saturated heterocycles. The summed E-state index contributed by atoms with van der Waals surface area (Å²) in [6, 6.07) is 5.51. The molecule has 1 aromatic rings. The van der Waals surface area contributed by atoms with E-state index in [0.717, 1.165) is 18.9 Å². The number of hydrogen-bond acceptors (Lipinski definition) is 3. The van der Waals surface area contributed by atoms with Crippen LogP contribution < -0.4 is 4.72 Å². The Balaban J connectivity index is 1.56. The number of likely N-dealkylation sites (tertiary alicyclic amines) is 1. The Morgan fingerprint density at radius 2 is 1.71 bits per heavy atom. The van der Waals surface area contributed by atoms with Crippen molar-refractivity contribution in [3.05, 3.63) is 35.4 Å². The van der Waals surface area contributed by atoms with Crippen molar-refractivity contribution in [2.75, 3.05) is 13.1 Å². The summed E-state index contributed by atoms with van der Waals surface area (Å²) in [4.78, 5) is 1.95. The number of rotatable bonds is 5. The van der Waals surface area contributed by atoms with E-state index in [1.165, 1.54) is 12.1 Å². The van der Waals surface area contributed by atoms with Gasteiger partial charge in [0.1, 0.15) is 0 Å². The number of alkyl halides is 3. The van der Waals surface area contributed by atoms with E-state index in [1.54, 1.807) is 6.07 Å². The van der Waals surface area contributed by atoms with Crippen LogP contribution in [0.2, 0.25) is 0 Å². The third-order valence-electron chi connectivity index (χ3n) is 4.60. The molecule has 0 aromatic heterocycles. The summed E-state index contributed by atoms with van der Waals surface area (Å²) >= 11 is 0. The fourth-order valence-corrected chi connectivity index (χ4v) is 4.74. The average Bonchev–Trinajstić information content (AvgIpc) is 3.34. The van der Waals surface area contributed by atoms with Gasteiger partial charge in [-0.15, -0.1) is 0 Å². The first-order valence-corrected chi connectivity index (χ1v) is 9.69. The summed E-state index contributed by atoms with van der Waals surface area (Å²) in [6.45, 7) is 1.41. The second-order valence-electron chi connectivity index (χ2n) is 6.57. The molecule has 4 nitrogen and oxygen atoms in total. The highest BCUT2D eigenvalue weighted by molar-refractivity contribution is 7.90. The highest BCUT2D eigenvalue weighted by Crippen LogP contribution is 2.33. The van der Waals surface area contributed by atoms with Crippen LogP contribution in [-0.4, -0.2) is 37.7 Å². The van der Waals surface area contributed by atoms with Crippen molar-refractivity contribution in [2.24, 2.45) is 0 Å². The van der Waals surface area contributed by atoms with Gasteiger partial charge in [0.15, 0.2) is 0 Å². The van der Waals surface area contributed by atoms with Crippen LogP contribution in [0, 0.1) is 0 Å². The van der Waals surface area contributed by atoms with Crippen LogP contribution in [0.5, 0.6) is 0 Å². The molecule has 1 heterocycles. The standard InChI is InChI=1S/C16H21F3N2O2S/c17-16(18,19)15-4-2-1-3-12(15)11-21-9-7-13(8-10-21)20-24(22,23)14-5-6-14/h1-4,13-14,20H,5-11H2. The highest BCUT2D eigenvalue weighted by Gasteiger charge is 2.38. The monoisotopic (exact) mass is 362 g/mol. The molecular weight excluding hydrogens is 341 g/mol. The van der Waals surface area contributed by atoms with Crippen LogP contribution in [0.4, 0.5) is 13.2 Å². The Morgan fingerprint density at radius 3 is 2.29 bits per heavy atom. The van der Waals surface area contributed by atoms with E-state index in [0.29, 0.717) is 25.9 Å². The van der Waals surface area contributed by atoms with Crippen molar-refractivity contribution in [1.82, 2.24) is 9.62 Å². The fourth-order valence-electron chi connectivity index (χ4n) is 3.09. The number of nitrogens with one attached hydrogen (secondary N) is 1. The molecule has 0 radical (unpaired) electrons. The summed E-state index contributed by atoms with van der Waals surface area (Å²) in [5.74, 6) is 0. The lowest BCUT2D eigenvalue weighted by molar-refractivity contribution is -0.138. The van der Waals surface area contributed by atoms with E-state index in [9.17, 15) is 21.6 Å². The molecule has 0 atom stereocenters. The summed E-state index contributed by atoms with van der Waals surface area (Å²) in [5, 5.41) is -0.241. The molecule has 0 unspecified atom stereocenters. The van der Waals surface area contributed by atoms with Gasteiger partial charge in [-0.05, 0) is 37.3 Å². The Labute approximate surface area is 140 Å². The number of halogens is 3. The van der Waals surface area contributed by atoms with Gasteiger partial charge in [0.05, 0.1) is 10.8 Å². The number of benzene rings is 1. The molecule has 2 aliphatic rings. The largest absolute Gasteiger partial charge is 0.416 e. The summed E-state index contributed by atoms with van der Waals surface area (Å²) in [5.41, 5.74) is -0.330. The van der Waals surface area contributed by atoms with Gasteiger partial charge >= 0.3 is 6.18 Å². The van der Waals surface area contributed by atoms with E-state index in [-0.39, 0.29) is 23.4 Å².